The Morgan fingerprint density at radius 3 is 2.80 bits per heavy atom. The number of thiazole rings is 1. The van der Waals surface area contributed by atoms with Crippen LogP contribution in [0.2, 0.25) is 0 Å². The molecule has 0 bridgehead atoms. The summed E-state index contributed by atoms with van der Waals surface area (Å²) in [6.45, 7) is 2.17. The number of rotatable bonds is 5. The molecule has 0 saturated carbocycles. The van der Waals surface area contributed by atoms with E-state index in [9.17, 15) is 9.59 Å². The summed E-state index contributed by atoms with van der Waals surface area (Å²) in [5, 5.41) is 5.20. The predicted octanol–water partition coefficient (Wildman–Crippen LogP) is 2.46. The summed E-state index contributed by atoms with van der Waals surface area (Å²) < 4.78 is 10.5. The first kappa shape index (κ1) is 17.2. The van der Waals surface area contributed by atoms with Gasteiger partial charge < -0.3 is 19.7 Å². The van der Waals surface area contributed by atoms with Gasteiger partial charge in [-0.15, -0.1) is 11.3 Å². The van der Waals surface area contributed by atoms with Crippen LogP contribution >= 0.6 is 11.3 Å². The van der Waals surface area contributed by atoms with Gasteiger partial charge in [-0.3, -0.25) is 9.59 Å². The fraction of sp³-hybridized carbons (Fsp3) is 0.353. The molecule has 1 aliphatic rings. The van der Waals surface area contributed by atoms with E-state index in [0.29, 0.717) is 28.9 Å². The molecule has 2 aromatic rings. The molecule has 3 rings (SSSR count). The molecular formula is C17H19N3O4S. The lowest BCUT2D eigenvalue weighted by Crippen LogP contribution is -2.28. The predicted molar refractivity (Wildman–Crippen MR) is 95.5 cm³/mol. The summed E-state index contributed by atoms with van der Waals surface area (Å²) in [5.74, 6) is 0.435. The topological polar surface area (TPSA) is 80.8 Å². The number of ether oxygens (including phenoxy) is 2. The van der Waals surface area contributed by atoms with Gasteiger partial charge in [0.25, 0.3) is 0 Å². The third-order valence-electron chi connectivity index (χ3n) is 4.02. The average molecular weight is 361 g/mol. The second kappa shape index (κ2) is 7.10. The van der Waals surface area contributed by atoms with Gasteiger partial charge in [0.05, 0.1) is 31.5 Å². The number of nitrogens with zero attached hydrogens (tertiary/aromatic N) is 2. The molecule has 25 heavy (non-hydrogen) atoms. The SMILES string of the molecule is COc1ccc(N2C[C@@H](C(=O)Nc3nc(C)cs3)CC2=O)c(OC)c1. The van der Waals surface area contributed by atoms with Gasteiger partial charge in [0.1, 0.15) is 11.5 Å². The van der Waals surface area contributed by atoms with E-state index >= 15 is 0 Å². The van der Waals surface area contributed by atoms with Crippen molar-refractivity contribution in [3.63, 3.8) is 0 Å². The van der Waals surface area contributed by atoms with Gasteiger partial charge in [-0.05, 0) is 19.1 Å². The maximum atomic E-state index is 12.4. The first-order valence-electron chi connectivity index (χ1n) is 7.77. The smallest absolute Gasteiger partial charge is 0.231 e. The quantitative estimate of drug-likeness (QED) is 0.885. The average Bonchev–Trinajstić information content (AvgIpc) is 3.19. The van der Waals surface area contributed by atoms with E-state index in [2.05, 4.69) is 10.3 Å². The molecule has 0 radical (unpaired) electrons. The number of carbonyl (C=O) groups excluding carboxylic acids is 2. The number of hydrogen-bond acceptors (Lipinski definition) is 6. The van der Waals surface area contributed by atoms with Crippen LogP contribution in [-0.2, 0) is 9.59 Å². The molecule has 0 spiro atoms. The van der Waals surface area contributed by atoms with Crippen LogP contribution in [0.15, 0.2) is 23.6 Å². The Morgan fingerprint density at radius 2 is 2.16 bits per heavy atom. The standard InChI is InChI=1S/C17H19N3O4S/c1-10-9-25-17(18-10)19-16(22)11-6-15(21)20(8-11)13-5-4-12(23-2)7-14(13)24-3/h4-5,7,9,11H,6,8H2,1-3H3,(H,18,19,22)/t11-/m0/s1. The molecule has 1 saturated heterocycles. The van der Waals surface area contributed by atoms with E-state index in [-0.39, 0.29) is 18.2 Å². The van der Waals surface area contributed by atoms with Gasteiger partial charge in [-0.1, -0.05) is 0 Å². The van der Waals surface area contributed by atoms with Crippen molar-refractivity contribution in [2.24, 2.45) is 5.92 Å². The third kappa shape index (κ3) is 3.58. The van der Waals surface area contributed by atoms with Crippen LogP contribution in [0.5, 0.6) is 11.5 Å². The summed E-state index contributed by atoms with van der Waals surface area (Å²) in [6, 6.07) is 5.24. The number of anilines is 2. The van der Waals surface area contributed by atoms with E-state index in [1.54, 1.807) is 30.2 Å². The summed E-state index contributed by atoms with van der Waals surface area (Å²) in [7, 11) is 3.10. The van der Waals surface area contributed by atoms with E-state index in [0.717, 1.165) is 5.69 Å². The lowest BCUT2D eigenvalue weighted by molar-refractivity contribution is -0.122. The molecule has 8 heteroatoms. The first-order chi connectivity index (χ1) is 12.0. The van der Waals surface area contributed by atoms with Crippen LogP contribution in [0.3, 0.4) is 0 Å². The van der Waals surface area contributed by atoms with Crippen LogP contribution in [0.1, 0.15) is 12.1 Å². The molecule has 1 aromatic heterocycles. The number of hydrogen-bond donors (Lipinski definition) is 1. The van der Waals surface area contributed by atoms with Gasteiger partial charge in [0, 0.05) is 24.4 Å². The highest BCUT2D eigenvalue weighted by Crippen LogP contribution is 2.36. The highest BCUT2D eigenvalue weighted by molar-refractivity contribution is 7.13. The van der Waals surface area contributed by atoms with Gasteiger partial charge in [-0.2, -0.15) is 0 Å². The van der Waals surface area contributed by atoms with Crippen molar-refractivity contribution in [2.45, 2.75) is 13.3 Å². The van der Waals surface area contributed by atoms with Crippen molar-refractivity contribution in [1.29, 1.82) is 0 Å². The molecule has 1 atom stereocenters. The summed E-state index contributed by atoms with van der Waals surface area (Å²) in [5.41, 5.74) is 1.49. The Morgan fingerprint density at radius 1 is 1.36 bits per heavy atom. The number of nitrogens with one attached hydrogen (secondary N) is 1. The zero-order valence-corrected chi connectivity index (χ0v) is 15.1. The Kier molecular flexibility index (Phi) is 4.89. The molecule has 2 amide bonds. The Hall–Kier alpha value is -2.61. The Labute approximate surface area is 149 Å². The van der Waals surface area contributed by atoms with Gasteiger partial charge in [-0.25, -0.2) is 4.98 Å². The molecule has 132 valence electrons. The molecule has 7 nitrogen and oxygen atoms in total. The lowest BCUT2D eigenvalue weighted by Gasteiger charge is -2.20. The van der Waals surface area contributed by atoms with Gasteiger partial charge in [0.2, 0.25) is 11.8 Å². The minimum atomic E-state index is -0.427. The monoisotopic (exact) mass is 361 g/mol. The van der Waals surface area contributed by atoms with Crippen molar-refractivity contribution < 1.29 is 19.1 Å². The van der Waals surface area contributed by atoms with E-state index in [1.165, 1.54) is 18.4 Å². The minimum absolute atomic E-state index is 0.112. The molecule has 0 unspecified atom stereocenters. The molecule has 1 fully saturated rings. The first-order valence-corrected chi connectivity index (χ1v) is 8.65. The molecular weight excluding hydrogens is 342 g/mol. The van der Waals surface area contributed by atoms with Crippen molar-refractivity contribution in [3.05, 3.63) is 29.3 Å². The van der Waals surface area contributed by atoms with Crippen LogP contribution < -0.4 is 19.7 Å². The van der Waals surface area contributed by atoms with E-state index in [1.807, 2.05) is 12.3 Å². The summed E-state index contributed by atoms with van der Waals surface area (Å²) in [4.78, 5) is 30.6. The van der Waals surface area contributed by atoms with Crippen LogP contribution in [0, 0.1) is 12.8 Å². The van der Waals surface area contributed by atoms with Crippen molar-refractivity contribution >= 4 is 34.0 Å². The number of methoxy groups -OCH3 is 2. The van der Waals surface area contributed by atoms with Crippen LogP contribution in [0.4, 0.5) is 10.8 Å². The van der Waals surface area contributed by atoms with Crippen molar-refractivity contribution in [2.75, 3.05) is 31.0 Å². The molecule has 1 N–H and O–H groups in total. The fourth-order valence-corrected chi connectivity index (χ4v) is 3.43. The molecule has 0 aliphatic carbocycles. The molecule has 1 aromatic carbocycles. The maximum Gasteiger partial charge on any atom is 0.231 e. The second-order valence-electron chi connectivity index (χ2n) is 5.73. The number of benzene rings is 1. The lowest BCUT2D eigenvalue weighted by atomic mass is 10.1. The molecule has 1 aliphatic heterocycles. The highest BCUT2D eigenvalue weighted by Gasteiger charge is 2.36. The summed E-state index contributed by atoms with van der Waals surface area (Å²) >= 11 is 1.37. The maximum absolute atomic E-state index is 12.4. The largest absolute Gasteiger partial charge is 0.497 e. The Balaban J connectivity index is 1.75. The second-order valence-corrected chi connectivity index (χ2v) is 6.58. The zero-order valence-electron chi connectivity index (χ0n) is 14.2. The highest BCUT2D eigenvalue weighted by atomic mass is 32.1. The molecule has 2 heterocycles. The Bertz CT molecular complexity index is 805. The zero-order chi connectivity index (χ0) is 18.0. The summed E-state index contributed by atoms with van der Waals surface area (Å²) in [6.07, 6.45) is 0.158. The minimum Gasteiger partial charge on any atom is -0.497 e. The number of carbonyl (C=O) groups is 2. The normalized spacial score (nSPS) is 16.8. The third-order valence-corrected chi connectivity index (χ3v) is 4.90. The van der Waals surface area contributed by atoms with Gasteiger partial charge >= 0.3 is 0 Å². The van der Waals surface area contributed by atoms with Crippen molar-refractivity contribution in [1.82, 2.24) is 4.98 Å². The number of aryl methyl sites for hydroxylation is 1. The van der Waals surface area contributed by atoms with E-state index in [4.69, 9.17) is 9.47 Å². The van der Waals surface area contributed by atoms with Gasteiger partial charge in [0.15, 0.2) is 5.13 Å². The van der Waals surface area contributed by atoms with Crippen molar-refractivity contribution in [3.8, 4) is 11.5 Å². The van der Waals surface area contributed by atoms with Crippen LogP contribution in [0.25, 0.3) is 0 Å². The number of amides is 2. The van der Waals surface area contributed by atoms with E-state index < -0.39 is 5.92 Å². The fourth-order valence-electron chi connectivity index (χ4n) is 2.74. The van der Waals surface area contributed by atoms with Crippen LogP contribution in [-0.4, -0.2) is 37.6 Å². The number of aromatic nitrogens is 1.